The number of hydrogen-bond donors (Lipinski definition) is 1. The van der Waals surface area contributed by atoms with Gasteiger partial charge in [0, 0.05) is 13.1 Å². The van der Waals surface area contributed by atoms with Gasteiger partial charge in [0.25, 0.3) is 0 Å². The Bertz CT molecular complexity index is 282. The standard InChI is InChI=1S/C13H21NO2/c1-2-11-5-7-13(8-6-11,12(15)16)14-9-3-4-10-14/h3-4,11H,2,5-10H2,1H3,(H,15,16). The van der Waals surface area contributed by atoms with E-state index in [4.69, 9.17) is 0 Å². The molecular weight excluding hydrogens is 202 g/mol. The first kappa shape index (κ1) is 11.6. The van der Waals surface area contributed by atoms with E-state index in [1.54, 1.807) is 0 Å². The van der Waals surface area contributed by atoms with E-state index in [1.807, 2.05) is 0 Å². The van der Waals surface area contributed by atoms with E-state index < -0.39 is 11.5 Å². The summed E-state index contributed by atoms with van der Waals surface area (Å²) in [7, 11) is 0. The molecule has 1 aliphatic carbocycles. The lowest BCUT2D eigenvalue weighted by Crippen LogP contribution is -2.55. The van der Waals surface area contributed by atoms with Gasteiger partial charge in [-0.15, -0.1) is 0 Å². The Morgan fingerprint density at radius 2 is 1.94 bits per heavy atom. The number of carboxylic acid groups (broad SMARTS) is 1. The molecule has 0 unspecified atom stereocenters. The van der Waals surface area contributed by atoms with Gasteiger partial charge < -0.3 is 5.11 Å². The van der Waals surface area contributed by atoms with E-state index in [0.717, 1.165) is 44.7 Å². The normalized spacial score (nSPS) is 35.4. The number of carbonyl (C=O) groups is 1. The molecule has 0 aromatic rings. The van der Waals surface area contributed by atoms with Crippen molar-refractivity contribution in [3.05, 3.63) is 12.2 Å². The van der Waals surface area contributed by atoms with Crippen molar-refractivity contribution in [3.8, 4) is 0 Å². The third-order valence-electron chi connectivity index (χ3n) is 4.33. The minimum Gasteiger partial charge on any atom is -0.480 e. The van der Waals surface area contributed by atoms with E-state index in [1.165, 1.54) is 6.42 Å². The molecule has 0 aromatic carbocycles. The lowest BCUT2D eigenvalue weighted by atomic mass is 9.74. The quantitative estimate of drug-likeness (QED) is 0.746. The van der Waals surface area contributed by atoms with Crippen LogP contribution in [0, 0.1) is 5.92 Å². The van der Waals surface area contributed by atoms with Crippen molar-refractivity contribution in [2.45, 2.75) is 44.6 Å². The molecule has 0 bridgehead atoms. The van der Waals surface area contributed by atoms with Crippen LogP contribution < -0.4 is 0 Å². The maximum Gasteiger partial charge on any atom is 0.324 e. The molecule has 90 valence electrons. The molecule has 0 atom stereocenters. The number of carboxylic acids is 1. The third-order valence-corrected chi connectivity index (χ3v) is 4.33. The monoisotopic (exact) mass is 223 g/mol. The molecule has 0 saturated heterocycles. The van der Waals surface area contributed by atoms with Gasteiger partial charge in [0.15, 0.2) is 0 Å². The van der Waals surface area contributed by atoms with Gasteiger partial charge in [-0.1, -0.05) is 25.5 Å². The highest BCUT2D eigenvalue weighted by Gasteiger charge is 2.46. The summed E-state index contributed by atoms with van der Waals surface area (Å²) in [6.07, 6.45) is 9.13. The van der Waals surface area contributed by atoms with Gasteiger partial charge in [-0.05, 0) is 31.6 Å². The Morgan fingerprint density at radius 1 is 1.38 bits per heavy atom. The van der Waals surface area contributed by atoms with Crippen molar-refractivity contribution in [1.29, 1.82) is 0 Å². The predicted octanol–water partition coefficient (Wildman–Crippen LogP) is 2.28. The summed E-state index contributed by atoms with van der Waals surface area (Å²) in [6.45, 7) is 3.82. The van der Waals surface area contributed by atoms with Crippen molar-refractivity contribution in [1.82, 2.24) is 4.90 Å². The fraction of sp³-hybridized carbons (Fsp3) is 0.769. The minimum absolute atomic E-state index is 0.574. The third kappa shape index (κ3) is 1.88. The first-order valence-electron chi connectivity index (χ1n) is 6.32. The van der Waals surface area contributed by atoms with Gasteiger partial charge in [0.1, 0.15) is 5.54 Å². The van der Waals surface area contributed by atoms with Crippen LogP contribution in [0.3, 0.4) is 0 Å². The summed E-state index contributed by atoms with van der Waals surface area (Å²) < 4.78 is 0. The number of nitrogens with zero attached hydrogens (tertiary/aromatic N) is 1. The summed E-state index contributed by atoms with van der Waals surface area (Å²) >= 11 is 0. The molecular formula is C13H21NO2. The molecule has 3 heteroatoms. The smallest absolute Gasteiger partial charge is 0.324 e. The zero-order valence-corrected chi connectivity index (χ0v) is 9.98. The Kier molecular flexibility index (Phi) is 3.33. The molecule has 0 aromatic heterocycles. The molecule has 16 heavy (non-hydrogen) atoms. The second-order valence-corrected chi connectivity index (χ2v) is 5.06. The SMILES string of the molecule is CCC1CCC(C(=O)O)(N2CC=CC2)CC1. The summed E-state index contributed by atoms with van der Waals surface area (Å²) in [5, 5.41) is 9.54. The van der Waals surface area contributed by atoms with Crippen molar-refractivity contribution < 1.29 is 9.90 Å². The fourth-order valence-electron chi connectivity index (χ4n) is 3.06. The van der Waals surface area contributed by atoms with E-state index in [2.05, 4.69) is 24.0 Å². The topological polar surface area (TPSA) is 40.5 Å². The van der Waals surface area contributed by atoms with Crippen LogP contribution >= 0.6 is 0 Å². The van der Waals surface area contributed by atoms with Crippen molar-refractivity contribution in [3.63, 3.8) is 0 Å². The number of hydrogen-bond acceptors (Lipinski definition) is 2. The lowest BCUT2D eigenvalue weighted by Gasteiger charge is -2.43. The first-order valence-corrected chi connectivity index (χ1v) is 6.32. The summed E-state index contributed by atoms with van der Waals surface area (Å²) in [6, 6.07) is 0. The number of rotatable bonds is 3. The molecule has 1 aliphatic heterocycles. The van der Waals surface area contributed by atoms with E-state index in [0.29, 0.717) is 0 Å². The summed E-state index contributed by atoms with van der Waals surface area (Å²) in [5.74, 6) is 0.119. The Labute approximate surface area is 97.1 Å². The zero-order chi connectivity index (χ0) is 11.6. The molecule has 1 saturated carbocycles. The lowest BCUT2D eigenvalue weighted by molar-refractivity contribution is -0.153. The van der Waals surface area contributed by atoms with Gasteiger partial charge in [-0.3, -0.25) is 9.69 Å². The highest BCUT2D eigenvalue weighted by molar-refractivity contribution is 5.79. The van der Waals surface area contributed by atoms with E-state index >= 15 is 0 Å². The van der Waals surface area contributed by atoms with Gasteiger partial charge in [0.05, 0.1) is 0 Å². The van der Waals surface area contributed by atoms with Gasteiger partial charge in [0.2, 0.25) is 0 Å². The molecule has 3 nitrogen and oxygen atoms in total. The van der Waals surface area contributed by atoms with E-state index in [9.17, 15) is 9.90 Å². The molecule has 1 N–H and O–H groups in total. The molecule has 1 heterocycles. The average Bonchev–Trinajstić information content (AvgIpc) is 2.82. The van der Waals surface area contributed by atoms with Gasteiger partial charge in [-0.25, -0.2) is 0 Å². The Balaban J connectivity index is 2.09. The van der Waals surface area contributed by atoms with Crippen molar-refractivity contribution in [2.75, 3.05) is 13.1 Å². The first-order chi connectivity index (χ1) is 7.69. The van der Waals surface area contributed by atoms with Crippen LogP contribution in [0.1, 0.15) is 39.0 Å². The van der Waals surface area contributed by atoms with Crippen LogP contribution in [-0.4, -0.2) is 34.6 Å². The Morgan fingerprint density at radius 3 is 2.38 bits per heavy atom. The van der Waals surface area contributed by atoms with Crippen LogP contribution in [0.15, 0.2) is 12.2 Å². The van der Waals surface area contributed by atoms with Crippen LogP contribution in [0.5, 0.6) is 0 Å². The molecule has 2 aliphatic rings. The number of aliphatic carboxylic acids is 1. The molecule has 0 amide bonds. The van der Waals surface area contributed by atoms with Gasteiger partial charge in [-0.2, -0.15) is 0 Å². The minimum atomic E-state index is -0.620. The van der Waals surface area contributed by atoms with Crippen LogP contribution in [0.25, 0.3) is 0 Å². The van der Waals surface area contributed by atoms with Crippen molar-refractivity contribution in [2.24, 2.45) is 5.92 Å². The maximum atomic E-state index is 11.6. The van der Waals surface area contributed by atoms with Crippen LogP contribution in [0.2, 0.25) is 0 Å². The second-order valence-electron chi connectivity index (χ2n) is 5.06. The molecule has 1 fully saturated rings. The molecule has 2 rings (SSSR count). The summed E-state index contributed by atoms with van der Waals surface area (Å²) in [4.78, 5) is 13.7. The van der Waals surface area contributed by atoms with Crippen molar-refractivity contribution >= 4 is 5.97 Å². The fourth-order valence-corrected chi connectivity index (χ4v) is 3.06. The highest BCUT2D eigenvalue weighted by Crippen LogP contribution is 2.38. The Hall–Kier alpha value is -0.830. The maximum absolute atomic E-state index is 11.6. The van der Waals surface area contributed by atoms with Crippen LogP contribution in [-0.2, 0) is 4.79 Å². The summed E-state index contributed by atoms with van der Waals surface area (Å²) in [5.41, 5.74) is -0.574. The second kappa shape index (κ2) is 4.58. The predicted molar refractivity (Wildman–Crippen MR) is 63.3 cm³/mol. The van der Waals surface area contributed by atoms with Crippen LogP contribution in [0.4, 0.5) is 0 Å². The average molecular weight is 223 g/mol. The highest BCUT2D eigenvalue weighted by atomic mass is 16.4. The largest absolute Gasteiger partial charge is 0.480 e. The van der Waals surface area contributed by atoms with Gasteiger partial charge >= 0.3 is 5.97 Å². The molecule has 0 radical (unpaired) electrons. The molecule has 0 spiro atoms. The van der Waals surface area contributed by atoms with E-state index in [-0.39, 0.29) is 0 Å². The zero-order valence-electron chi connectivity index (χ0n) is 9.98.